The van der Waals surface area contributed by atoms with Crippen LogP contribution >= 0.6 is 0 Å². The van der Waals surface area contributed by atoms with Gasteiger partial charge in [-0.2, -0.15) is 5.26 Å². The molecule has 0 saturated heterocycles. The van der Waals surface area contributed by atoms with Gasteiger partial charge in [0.1, 0.15) is 6.61 Å². The number of nitro benzene ring substituents is 1. The van der Waals surface area contributed by atoms with Crippen LogP contribution in [0.15, 0.2) is 48.5 Å². The molecule has 0 aliphatic rings. The second-order valence-corrected chi connectivity index (χ2v) is 4.44. The smallest absolute Gasteiger partial charge is 0.311 e. The van der Waals surface area contributed by atoms with E-state index in [4.69, 9.17) is 14.7 Å². The van der Waals surface area contributed by atoms with Crippen LogP contribution in [0.2, 0.25) is 0 Å². The van der Waals surface area contributed by atoms with Gasteiger partial charge in [0.15, 0.2) is 5.75 Å². The summed E-state index contributed by atoms with van der Waals surface area (Å²) >= 11 is 0. The van der Waals surface area contributed by atoms with Crippen molar-refractivity contribution < 1.29 is 14.4 Å². The zero-order chi connectivity index (χ0) is 15.8. The van der Waals surface area contributed by atoms with E-state index in [1.54, 1.807) is 0 Å². The summed E-state index contributed by atoms with van der Waals surface area (Å²) in [5.41, 5.74) is 1.19. The molecule has 6 heteroatoms. The number of rotatable bonds is 7. The molecule has 2 aromatic carbocycles. The average Bonchev–Trinajstić information content (AvgIpc) is 2.55. The van der Waals surface area contributed by atoms with Crippen molar-refractivity contribution >= 4 is 5.69 Å². The molecule has 0 aliphatic heterocycles. The number of ether oxygens (including phenoxy) is 2. The Balaban J connectivity index is 1.86. The van der Waals surface area contributed by atoms with Crippen molar-refractivity contribution in [3.63, 3.8) is 0 Å². The number of benzene rings is 2. The zero-order valence-electron chi connectivity index (χ0n) is 11.8. The predicted molar refractivity (Wildman–Crippen MR) is 79.4 cm³/mol. The van der Waals surface area contributed by atoms with Gasteiger partial charge in [0.25, 0.3) is 0 Å². The first-order valence-corrected chi connectivity index (χ1v) is 6.63. The molecule has 0 radical (unpaired) electrons. The molecule has 0 atom stereocenters. The fourth-order valence-electron chi connectivity index (χ4n) is 1.82. The summed E-state index contributed by atoms with van der Waals surface area (Å²) in [6.45, 7) is 0.913. The van der Waals surface area contributed by atoms with Crippen LogP contribution in [-0.4, -0.2) is 18.1 Å². The maximum Gasteiger partial charge on any atom is 0.311 e. The summed E-state index contributed by atoms with van der Waals surface area (Å²) in [5.74, 6) is 0.0763. The minimum atomic E-state index is -0.540. The summed E-state index contributed by atoms with van der Waals surface area (Å²) in [4.78, 5) is 10.4. The van der Waals surface area contributed by atoms with E-state index < -0.39 is 4.92 Å². The van der Waals surface area contributed by atoms with Gasteiger partial charge in [0.2, 0.25) is 0 Å². The van der Waals surface area contributed by atoms with Gasteiger partial charge in [-0.15, -0.1) is 0 Å². The third kappa shape index (κ3) is 4.30. The van der Waals surface area contributed by atoms with E-state index in [0.29, 0.717) is 18.8 Å². The van der Waals surface area contributed by atoms with Gasteiger partial charge in [0, 0.05) is 12.1 Å². The largest absolute Gasteiger partial charge is 0.484 e. The molecule has 0 unspecified atom stereocenters. The van der Waals surface area contributed by atoms with Crippen molar-refractivity contribution in [2.45, 2.75) is 6.61 Å². The molecule has 0 bridgehead atoms. The summed E-state index contributed by atoms with van der Waals surface area (Å²) < 4.78 is 10.8. The summed E-state index contributed by atoms with van der Waals surface area (Å²) in [5, 5.41) is 19.7. The number of hydrogen-bond donors (Lipinski definition) is 0. The Kier molecular flexibility index (Phi) is 5.46. The fourth-order valence-corrected chi connectivity index (χ4v) is 1.82. The van der Waals surface area contributed by atoms with E-state index in [2.05, 4.69) is 0 Å². The highest BCUT2D eigenvalue weighted by Crippen LogP contribution is 2.27. The van der Waals surface area contributed by atoms with Crippen molar-refractivity contribution in [3.05, 3.63) is 69.8 Å². The van der Waals surface area contributed by atoms with Crippen LogP contribution in [0.4, 0.5) is 5.69 Å². The molecule has 112 valence electrons. The summed E-state index contributed by atoms with van der Waals surface area (Å²) in [7, 11) is 0. The summed E-state index contributed by atoms with van der Waals surface area (Å²) in [6, 6.07) is 15.6. The number of nitro groups is 1. The topological polar surface area (TPSA) is 85.4 Å². The molecular weight excluding hydrogens is 284 g/mol. The number of hydrogen-bond acceptors (Lipinski definition) is 5. The molecule has 0 heterocycles. The van der Waals surface area contributed by atoms with E-state index in [1.165, 1.54) is 18.2 Å². The highest BCUT2D eigenvalue weighted by Gasteiger charge is 2.15. The lowest BCUT2D eigenvalue weighted by molar-refractivity contribution is -0.385. The Hall–Kier alpha value is -2.91. The minimum Gasteiger partial charge on any atom is -0.484 e. The SMILES string of the molecule is N#Cc1ccc([N+](=O)[O-])c(OCCOCc2ccccc2)c1. The van der Waals surface area contributed by atoms with Gasteiger partial charge < -0.3 is 9.47 Å². The van der Waals surface area contributed by atoms with Crippen LogP contribution in [0.3, 0.4) is 0 Å². The van der Waals surface area contributed by atoms with E-state index in [1.807, 2.05) is 36.4 Å². The van der Waals surface area contributed by atoms with Crippen LogP contribution in [-0.2, 0) is 11.3 Å². The molecule has 0 fully saturated rings. The Labute approximate surface area is 127 Å². The van der Waals surface area contributed by atoms with Crippen molar-refractivity contribution in [3.8, 4) is 11.8 Å². The Bertz CT molecular complexity index is 680. The molecule has 2 aromatic rings. The average molecular weight is 298 g/mol. The van der Waals surface area contributed by atoms with Gasteiger partial charge >= 0.3 is 5.69 Å². The fraction of sp³-hybridized carbons (Fsp3) is 0.188. The quantitative estimate of drug-likeness (QED) is 0.445. The second kappa shape index (κ2) is 7.76. The van der Waals surface area contributed by atoms with Crippen LogP contribution in [0, 0.1) is 21.4 Å². The van der Waals surface area contributed by atoms with E-state index in [9.17, 15) is 10.1 Å². The third-order valence-electron chi connectivity index (χ3n) is 2.88. The van der Waals surface area contributed by atoms with Crippen molar-refractivity contribution in [2.75, 3.05) is 13.2 Å². The Morgan fingerprint density at radius 3 is 2.59 bits per heavy atom. The maximum atomic E-state index is 10.9. The molecule has 0 spiro atoms. The first kappa shape index (κ1) is 15.5. The molecule has 0 aromatic heterocycles. The summed E-state index contributed by atoms with van der Waals surface area (Å²) in [6.07, 6.45) is 0. The highest BCUT2D eigenvalue weighted by molar-refractivity contribution is 5.51. The van der Waals surface area contributed by atoms with Gasteiger partial charge in [-0.05, 0) is 11.6 Å². The monoisotopic (exact) mass is 298 g/mol. The Morgan fingerprint density at radius 2 is 1.91 bits per heavy atom. The second-order valence-electron chi connectivity index (χ2n) is 4.44. The number of nitrogens with zero attached hydrogens (tertiary/aromatic N) is 2. The van der Waals surface area contributed by atoms with E-state index in [-0.39, 0.29) is 18.0 Å². The standard InChI is InChI=1S/C16H14N2O4/c17-11-14-6-7-15(18(19)20)16(10-14)22-9-8-21-12-13-4-2-1-3-5-13/h1-7,10H,8-9,12H2. The van der Waals surface area contributed by atoms with Crippen LogP contribution in [0.1, 0.15) is 11.1 Å². The number of nitriles is 1. The lowest BCUT2D eigenvalue weighted by Gasteiger charge is -2.08. The van der Waals surface area contributed by atoms with Crippen LogP contribution in [0.5, 0.6) is 5.75 Å². The lowest BCUT2D eigenvalue weighted by Crippen LogP contribution is -2.08. The normalized spacial score (nSPS) is 9.95. The van der Waals surface area contributed by atoms with Crippen molar-refractivity contribution in [1.82, 2.24) is 0 Å². The van der Waals surface area contributed by atoms with Gasteiger partial charge in [-0.25, -0.2) is 0 Å². The first-order valence-electron chi connectivity index (χ1n) is 6.63. The van der Waals surface area contributed by atoms with Crippen molar-refractivity contribution in [2.24, 2.45) is 0 Å². The molecular formula is C16H14N2O4. The minimum absolute atomic E-state index is 0.0763. The van der Waals surface area contributed by atoms with E-state index in [0.717, 1.165) is 5.56 Å². The third-order valence-corrected chi connectivity index (χ3v) is 2.88. The van der Waals surface area contributed by atoms with E-state index >= 15 is 0 Å². The molecule has 0 N–H and O–H groups in total. The molecule has 22 heavy (non-hydrogen) atoms. The first-order chi connectivity index (χ1) is 10.7. The van der Waals surface area contributed by atoms with Gasteiger partial charge in [0.05, 0.1) is 29.8 Å². The molecule has 6 nitrogen and oxygen atoms in total. The highest BCUT2D eigenvalue weighted by atomic mass is 16.6. The molecule has 2 rings (SSSR count). The van der Waals surface area contributed by atoms with Crippen molar-refractivity contribution in [1.29, 1.82) is 5.26 Å². The van der Waals surface area contributed by atoms with Gasteiger partial charge in [-0.3, -0.25) is 10.1 Å². The zero-order valence-corrected chi connectivity index (χ0v) is 11.8. The van der Waals surface area contributed by atoms with Crippen LogP contribution < -0.4 is 4.74 Å². The molecule has 0 aliphatic carbocycles. The van der Waals surface area contributed by atoms with Crippen LogP contribution in [0.25, 0.3) is 0 Å². The lowest BCUT2D eigenvalue weighted by atomic mass is 10.2. The predicted octanol–water partition coefficient (Wildman–Crippen LogP) is 3.06. The molecule has 0 amide bonds. The molecule has 0 saturated carbocycles. The Morgan fingerprint density at radius 1 is 1.14 bits per heavy atom. The van der Waals surface area contributed by atoms with Gasteiger partial charge in [-0.1, -0.05) is 30.3 Å². The maximum absolute atomic E-state index is 10.9.